The number of benzene rings is 1. The molecule has 21 heavy (non-hydrogen) atoms. The topological polar surface area (TPSA) is 72.0 Å². The van der Waals surface area contributed by atoms with E-state index in [0.717, 1.165) is 16.8 Å². The summed E-state index contributed by atoms with van der Waals surface area (Å²) in [5.41, 5.74) is 2.93. The molecule has 2 rings (SSSR count). The number of hydrogen-bond donors (Lipinski definition) is 2. The lowest BCUT2D eigenvalue weighted by Gasteiger charge is -2.11. The van der Waals surface area contributed by atoms with Gasteiger partial charge in [0.2, 0.25) is 5.95 Å². The second-order valence-corrected chi connectivity index (χ2v) is 5.06. The number of methoxy groups -OCH3 is 1. The second kappa shape index (κ2) is 7.19. The Morgan fingerprint density at radius 2 is 2.10 bits per heavy atom. The number of aromatic nitrogens is 3. The predicted octanol–water partition coefficient (Wildman–Crippen LogP) is 2.94. The number of nitrogens with one attached hydrogen (secondary N) is 2. The summed E-state index contributed by atoms with van der Waals surface area (Å²) in [5.74, 6) is 1.02. The molecule has 0 aliphatic carbocycles. The fourth-order valence-corrected chi connectivity index (χ4v) is 2.28. The average Bonchev–Trinajstić information content (AvgIpc) is 2.44. The van der Waals surface area contributed by atoms with Crippen molar-refractivity contribution in [3.05, 3.63) is 34.5 Å². The summed E-state index contributed by atoms with van der Waals surface area (Å²) in [5, 5.41) is 14.7. The number of hydrogen-bond acceptors (Lipinski definition) is 6. The maximum atomic E-state index is 6.26. The van der Waals surface area contributed by atoms with E-state index < -0.39 is 0 Å². The molecule has 0 radical (unpaired) electrons. The molecule has 2 N–H and O–H groups in total. The third-order valence-corrected chi connectivity index (χ3v) is 3.14. The summed E-state index contributed by atoms with van der Waals surface area (Å²) >= 11 is 6.26. The Labute approximate surface area is 128 Å². The average molecular weight is 308 g/mol. The zero-order valence-corrected chi connectivity index (χ0v) is 13.0. The molecule has 0 saturated carbocycles. The van der Waals surface area contributed by atoms with Crippen LogP contribution in [0.15, 0.2) is 18.3 Å². The molecule has 0 amide bonds. The molecule has 0 aliphatic heterocycles. The normalized spacial score (nSPS) is 10.5. The molecule has 7 heteroatoms. The SMILES string of the molecule is COCCNc1cnnc(Nc2c(C)cc(C)cc2Cl)n1. The van der Waals surface area contributed by atoms with Crippen molar-refractivity contribution in [2.24, 2.45) is 0 Å². The van der Waals surface area contributed by atoms with Crippen LogP contribution in [0.1, 0.15) is 11.1 Å². The maximum Gasteiger partial charge on any atom is 0.249 e. The van der Waals surface area contributed by atoms with E-state index in [2.05, 4.69) is 25.8 Å². The first-order valence-corrected chi connectivity index (χ1v) is 6.94. The number of rotatable bonds is 6. The molecule has 0 spiro atoms. The first-order valence-electron chi connectivity index (χ1n) is 6.56. The van der Waals surface area contributed by atoms with Gasteiger partial charge in [-0.2, -0.15) is 10.1 Å². The lowest BCUT2D eigenvalue weighted by atomic mass is 10.1. The van der Waals surface area contributed by atoms with Crippen LogP contribution >= 0.6 is 11.6 Å². The largest absolute Gasteiger partial charge is 0.383 e. The van der Waals surface area contributed by atoms with E-state index in [-0.39, 0.29) is 0 Å². The zero-order chi connectivity index (χ0) is 15.2. The molecule has 0 fully saturated rings. The summed E-state index contributed by atoms with van der Waals surface area (Å²) in [6, 6.07) is 3.94. The van der Waals surface area contributed by atoms with Crippen LogP contribution in [0.2, 0.25) is 5.02 Å². The van der Waals surface area contributed by atoms with Gasteiger partial charge in [-0.05, 0) is 31.0 Å². The fraction of sp³-hybridized carbons (Fsp3) is 0.357. The van der Waals surface area contributed by atoms with Crippen molar-refractivity contribution >= 4 is 29.1 Å². The molecule has 0 aliphatic rings. The van der Waals surface area contributed by atoms with Gasteiger partial charge in [-0.3, -0.25) is 0 Å². The van der Waals surface area contributed by atoms with Crippen LogP contribution in [0.25, 0.3) is 0 Å². The molecule has 0 atom stereocenters. The molecule has 0 saturated heterocycles. The highest BCUT2D eigenvalue weighted by Crippen LogP contribution is 2.29. The fourth-order valence-electron chi connectivity index (χ4n) is 1.91. The summed E-state index contributed by atoms with van der Waals surface area (Å²) < 4.78 is 4.97. The molecule has 1 heterocycles. The van der Waals surface area contributed by atoms with Crippen LogP contribution in [-0.2, 0) is 4.74 Å². The molecule has 112 valence electrons. The maximum absolute atomic E-state index is 6.26. The van der Waals surface area contributed by atoms with Gasteiger partial charge < -0.3 is 15.4 Å². The van der Waals surface area contributed by atoms with E-state index in [0.29, 0.717) is 29.9 Å². The van der Waals surface area contributed by atoms with Crippen molar-refractivity contribution in [1.82, 2.24) is 15.2 Å². The number of aryl methyl sites for hydroxylation is 2. The van der Waals surface area contributed by atoms with Gasteiger partial charge >= 0.3 is 0 Å². The number of ether oxygens (including phenoxy) is 1. The number of anilines is 3. The minimum Gasteiger partial charge on any atom is -0.383 e. The Kier molecular flexibility index (Phi) is 5.30. The Hall–Kier alpha value is -1.92. The Bertz CT molecular complexity index is 597. The molecule has 0 unspecified atom stereocenters. The third-order valence-electron chi connectivity index (χ3n) is 2.84. The monoisotopic (exact) mass is 307 g/mol. The molecule has 1 aromatic carbocycles. The van der Waals surface area contributed by atoms with Crippen LogP contribution in [0.4, 0.5) is 17.5 Å². The van der Waals surface area contributed by atoms with E-state index >= 15 is 0 Å². The van der Waals surface area contributed by atoms with Gasteiger partial charge in [-0.25, -0.2) is 0 Å². The van der Waals surface area contributed by atoms with Crippen LogP contribution in [0, 0.1) is 13.8 Å². The highest BCUT2D eigenvalue weighted by molar-refractivity contribution is 6.33. The summed E-state index contributed by atoms with van der Waals surface area (Å²) in [6.07, 6.45) is 1.56. The van der Waals surface area contributed by atoms with Gasteiger partial charge in [-0.15, -0.1) is 5.10 Å². The van der Waals surface area contributed by atoms with E-state index in [1.54, 1.807) is 13.3 Å². The van der Waals surface area contributed by atoms with Gasteiger partial charge in [0, 0.05) is 13.7 Å². The summed E-state index contributed by atoms with van der Waals surface area (Å²) in [7, 11) is 1.65. The van der Waals surface area contributed by atoms with Crippen LogP contribution in [-0.4, -0.2) is 35.4 Å². The molecular formula is C14H18ClN5O. The smallest absolute Gasteiger partial charge is 0.249 e. The van der Waals surface area contributed by atoms with E-state index in [1.807, 2.05) is 26.0 Å². The van der Waals surface area contributed by atoms with Gasteiger partial charge in [0.05, 0.1) is 23.5 Å². The van der Waals surface area contributed by atoms with Crippen molar-refractivity contribution in [3.8, 4) is 0 Å². The van der Waals surface area contributed by atoms with Gasteiger partial charge in [-0.1, -0.05) is 17.7 Å². The highest BCUT2D eigenvalue weighted by atomic mass is 35.5. The van der Waals surface area contributed by atoms with Crippen molar-refractivity contribution < 1.29 is 4.74 Å². The van der Waals surface area contributed by atoms with Crippen molar-refractivity contribution in [2.75, 3.05) is 30.9 Å². The number of nitrogens with zero attached hydrogens (tertiary/aromatic N) is 3. The quantitative estimate of drug-likeness (QED) is 0.800. The first kappa shape index (κ1) is 15.5. The Morgan fingerprint density at radius 3 is 2.81 bits per heavy atom. The first-order chi connectivity index (χ1) is 10.1. The van der Waals surface area contributed by atoms with Crippen molar-refractivity contribution in [2.45, 2.75) is 13.8 Å². The zero-order valence-electron chi connectivity index (χ0n) is 12.3. The minimum atomic E-state index is 0.395. The molecule has 2 aromatic rings. The van der Waals surface area contributed by atoms with Crippen molar-refractivity contribution in [1.29, 1.82) is 0 Å². The van der Waals surface area contributed by atoms with Crippen molar-refractivity contribution in [3.63, 3.8) is 0 Å². The van der Waals surface area contributed by atoms with Gasteiger partial charge in [0.25, 0.3) is 0 Å². The minimum absolute atomic E-state index is 0.395. The van der Waals surface area contributed by atoms with Crippen LogP contribution < -0.4 is 10.6 Å². The Morgan fingerprint density at radius 1 is 1.29 bits per heavy atom. The van der Waals surface area contributed by atoms with Crippen LogP contribution in [0.3, 0.4) is 0 Å². The molecular weight excluding hydrogens is 290 g/mol. The van der Waals surface area contributed by atoms with E-state index in [1.165, 1.54) is 0 Å². The number of halogens is 1. The van der Waals surface area contributed by atoms with Gasteiger partial charge in [0.15, 0.2) is 5.82 Å². The molecule has 6 nitrogen and oxygen atoms in total. The predicted molar refractivity (Wildman–Crippen MR) is 84.4 cm³/mol. The van der Waals surface area contributed by atoms with Gasteiger partial charge in [0.1, 0.15) is 0 Å². The summed E-state index contributed by atoms with van der Waals surface area (Å²) in [4.78, 5) is 4.33. The lowest BCUT2D eigenvalue weighted by molar-refractivity contribution is 0.210. The van der Waals surface area contributed by atoms with E-state index in [9.17, 15) is 0 Å². The second-order valence-electron chi connectivity index (χ2n) is 4.65. The third kappa shape index (κ3) is 4.27. The van der Waals surface area contributed by atoms with E-state index in [4.69, 9.17) is 16.3 Å². The van der Waals surface area contributed by atoms with Crippen LogP contribution in [0.5, 0.6) is 0 Å². The lowest BCUT2D eigenvalue weighted by Crippen LogP contribution is -2.10. The Balaban J connectivity index is 2.15. The summed E-state index contributed by atoms with van der Waals surface area (Å²) in [6.45, 7) is 5.23. The molecule has 1 aromatic heterocycles. The standard InChI is InChI=1S/C14H18ClN5O/c1-9-6-10(2)13(11(15)7-9)19-14-18-12(8-17-20-14)16-4-5-21-3/h6-8H,4-5H2,1-3H3,(H2,16,18,19,20). The highest BCUT2D eigenvalue weighted by Gasteiger charge is 2.08. The molecule has 0 bridgehead atoms.